The van der Waals surface area contributed by atoms with Crippen LogP contribution in [0, 0.1) is 5.92 Å². The Morgan fingerprint density at radius 3 is 2.79 bits per heavy atom. The van der Waals surface area contributed by atoms with Crippen LogP contribution in [0.15, 0.2) is 12.4 Å². The molecule has 0 amide bonds. The molecule has 3 nitrogen and oxygen atoms in total. The van der Waals surface area contributed by atoms with Crippen molar-refractivity contribution in [3.8, 4) is 0 Å². The Hall–Kier alpha value is -0.830. The fourth-order valence-corrected chi connectivity index (χ4v) is 3.29. The summed E-state index contributed by atoms with van der Waals surface area (Å²) < 4.78 is 1.91. The van der Waals surface area contributed by atoms with Crippen molar-refractivity contribution < 1.29 is 0 Å². The summed E-state index contributed by atoms with van der Waals surface area (Å²) in [5.41, 5.74) is 1.38. The maximum Gasteiger partial charge on any atom is 0.0521 e. The average Bonchev–Trinajstić information content (AvgIpc) is 2.86. The monoisotopic (exact) mass is 263 g/mol. The highest BCUT2D eigenvalue weighted by Gasteiger charge is 2.22. The number of aromatic nitrogens is 2. The molecule has 1 aliphatic rings. The van der Waals surface area contributed by atoms with E-state index in [0.29, 0.717) is 6.04 Å². The van der Waals surface area contributed by atoms with Gasteiger partial charge in [-0.25, -0.2) is 0 Å². The van der Waals surface area contributed by atoms with Crippen LogP contribution in [0.25, 0.3) is 0 Å². The smallest absolute Gasteiger partial charge is 0.0521 e. The summed E-state index contributed by atoms with van der Waals surface area (Å²) in [7, 11) is 2.00. The third-order valence-electron chi connectivity index (χ3n) is 4.38. The van der Waals surface area contributed by atoms with E-state index in [1.807, 2.05) is 17.9 Å². The largest absolute Gasteiger partial charge is 0.314 e. The van der Waals surface area contributed by atoms with Crippen molar-refractivity contribution in [3.63, 3.8) is 0 Å². The van der Waals surface area contributed by atoms with Gasteiger partial charge in [0.05, 0.1) is 6.20 Å². The summed E-state index contributed by atoms with van der Waals surface area (Å²) >= 11 is 0. The van der Waals surface area contributed by atoms with Crippen molar-refractivity contribution in [2.45, 2.75) is 64.3 Å². The van der Waals surface area contributed by atoms with Crippen molar-refractivity contribution in [2.75, 3.05) is 6.54 Å². The second kappa shape index (κ2) is 7.68. The van der Waals surface area contributed by atoms with E-state index in [-0.39, 0.29) is 0 Å². The van der Waals surface area contributed by atoms with E-state index in [1.54, 1.807) is 0 Å². The first kappa shape index (κ1) is 14.6. The average molecular weight is 263 g/mol. The molecule has 1 saturated carbocycles. The zero-order valence-corrected chi connectivity index (χ0v) is 12.6. The summed E-state index contributed by atoms with van der Waals surface area (Å²) in [6.45, 7) is 3.42. The van der Waals surface area contributed by atoms with Gasteiger partial charge < -0.3 is 5.32 Å². The zero-order valence-electron chi connectivity index (χ0n) is 12.6. The molecule has 2 rings (SSSR count). The van der Waals surface area contributed by atoms with Crippen molar-refractivity contribution in [2.24, 2.45) is 13.0 Å². The van der Waals surface area contributed by atoms with Gasteiger partial charge in [-0.15, -0.1) is 0 Å². The number of aryl methyl sites for hydroxylation is 2. The molecule has 1 aromatic heterocycles. The van der Waals surface area contributed by atoms with Gasteiger partial charge in [0.1, 0.15) is 0 Å². The first-order valence-electron chi connectivity index (χ1n) is 8.00. The molecule has 0 bridgehead atoms. The summed E-state index contributed by atoms with van der Waals surface area (Å²) in [6.07, 6.45) is 15.0. The second-order valence-corrected chi connectivity index (χ2v) is 6.02. The maximum atomic E-state index is 4.27. The third kappa shape index (κ3) is 4.64. The van der Waals surface area contributed by atoms with E-state index in [9.17, 15) is 0 Å². The minimum Gasteiger partial charge on any atom is -0.314 e. The van der Waals surface area contributed by atoms with Crippen molar-refractivity contribution in [3.05, 3.63) is 18.0 Å². The van der Waals surface area contributed by atoms with Gasteiger partial charge >= 0.3 is 0 Å². The van der Waals surface area contributed by atoms with Gasteiger partial charge in [0.15, 0.2) is 0 Å². The number of nitrogens with zero attached hydrogens (tertiary/aromatic N) is 2. The lowest BCUT2D eigenvalue weighted by Gasteiger charge is -2.31. The summed E-state index contributed by atoms with van der Waals surface area (Å²) in [4.78, 5) is 0. The number of rotatable bonds is 7. The van der Waals surface area contributed by atoms with Crippen molar-refractivity contribution >= 4 is 0 Å². The minimum atomic E-state index is 0.709. The van der Waals surface area contributed by atoms with Crippen LogP contribution in [0.1, 0.15) is 57.4 Å². The van der Waals surface area contributed by atoms with Crippen LogP contribution in [-0.2, 0) is 13.5 Å². The quantitative estimate of drug-likeness (QED) is 0.818. The molecule has 108 valence electrons. The van der Waals surface area contributed by atoms with Gasteiger partial charge in [0, 0.05) is 19.3 Å². The van der Waals surface area contributed by atoms with Crippen LogP contribution in [0.3, 0.4) is 0 Å². The van der Waals surface area contributed by atoms with Gasteiger partial charge in [0.2, 0.25) is 0 Å². The van der Waals surface area contributed by atoms with Gasteiger partial charge in [-0.1, -0.05) is 26.2 Å². The highest BCUT2D eigenvalue weighted by Crippen LogP contribution is 2.28. The van der Waals surface area contributed by atoms with Gasteiger partial charge in [-0.05, 0) is 50.1 Å². The van der Waals surface area contributed by atoms with Crippen molar-refractivity contribution in [1.29, 1.82) is 0 Å². The molecule has 0 radical (unpaired) electrons. The molecular weight excluding hydrogens is 234 g/mol. The van der Waals surface area contributed by atoms with Gasteiger partial charge in [-0.2, -0.15) is 5.10 Å². The molecule has 0 aliphatic heterocycles. The molecule has 19 heavy (non-hydrogen) atoms. The molecule has 1 heterocycles. The molecular formula is C16H29N3. The zero-order chi connectivity index (χ0) is 13.5. The Bertz CT molecular complexity index is 353. The number of hydrogen-bond acceptors (Lipinski definition) is 2. The lowest BCUT2D eigenvalue weighted by Crippen LogP contribution is -2.38. The van der Waals surface area contributed by atoms with Gasteiger partial charge in [0.25, 0.3) is 0 Å². The van der Waals surface area contributed by atoms with Crippen LogP contribution >= 0.6 is 0 Å². The van der Waals surface area contributed by atoms with Crippen LogP contribution in [-0.4, -0.2) is 22.4 Å². The summed E-state index contributed by atoms with van der Waals surface area (Å²) in [5, 5.41) is 8.05. The third-order valence-corrected chi connectivity index (χ3v) is 4.38. The predicted molar refractivity (Wildman–Crippen MR) is 80.2 cm³/mol. The topological polar surface area (TPSA) is 29.9 Å². The van der Waals surface area contributed by atoms with E-state index in [4.69, 9.17) is 0 Å². The normalized spacial score (nSPS) is 18.6. The van der Waals surface area contributed by atoms with E-state index < -0.39 is 0 Å². The van der Waals surface area contributed by atoms with Crippen LogP contribution in [0.2, 0.25) is 0 Å². The Labute approximate surface area is 117 Å². The maximum absolute atomic E-state index is 4.27. The summed E-state index contributed by atoms with van der Waals surface area (Å²) in [5.74, 6) is 0.900. The highest BCUT2D eigenvalue weighted by molar-refractivity contribution is 5.04. The van der Waals surface area contributed by atoms with Gasteiger partial charge in [-0.3, -0.25) is 4.68 Å². The number of hydrogen-bond donors (Lipinski definition) is 1. The summed E-state index contributed by atoms with van der Waals surface area (Å²) in [6, 6.07) is 0.709. The Morgan fingerprint density at radius 1 is 1.37 bits per heavy atom. The van der Waals surface area contributed by atoms with E-state index in [0.717, 1.165) is 18.9 Å². The Kier molecular flexibility index (Phi) is 5.90. The Morgan fingerprint density at radius 2 is 2.16 bits per heavy atom. The first-order valence-corrected chi connectivity index (χ1v) is 8.00. The minimum absolute atomic E-state index is 0.709. The standard InChI is InChI=1S/C16H29N3/c1-3-11-17-16(15-7-5-4-6-8-15)10-9-14-12-18-19(2)13-14/h12-13,15-17H,3-11H2,1-2H3. The molecule has 0 aromatic carbocycles. The molecule has 0 saturated heterocycles. The van der Waals surface area contributed by atoms with Crippen LogP contribution in [0.5, 0.6) is 0 Å². The van der Waals surface area contributed by atoms with Crippen LogP contribution < -0.4 is 5.32 Å². The molecule has 0 spiro atoms. The predicted octanol–water partition coefficient (Wildman–Crippen LogP) is 3.30. The van der Waals surface area contributed by atoms with E-state index >= 15 is 0 Å². The SMILES string of the molecule is CCCNC(CCc1cnn(C)c1)C1CCCCC1. The molecule has 1 aliphatic carbocycles. The van der Waals surface area contributed by atoms with Crippen LogP contribution in [0.4, 0.5) is 0 Å². The number of nitrogens with one attached hydrogen (secondary N) is 1. The molecule has 3 heteroatoms. The fraction of sp³-hybridized carbons (Fsp3) is 0.812. The van der Waals surface area contributed by atoms with E-state index in [2.05, 4.69) is 23.5 Å². The molecule has 1 fully saturated rings. The molecule has 1 aromatic rings. The molecule has 1 unspecified atom stereocenters. The van der Waals surface area contributed by atoms with E-state index in [1.165, 1.54) is 50.5 Å². The second-order valence-electron chi connectivity index (χ2n) is 6.02. The first-order chi connectivity index (χ1) is 9.29. The lowest BCUT2D eigenvalue weighted by molar-refractivity contribution is 0.258. The van der Waals surface area contributed by atoms with Crippen molar-refractivity contribution in [1.82, 2.24) is 15.1 Å². The molecule has 1 N–H and O–H groups in total. The molecule has 1 atom stereocenters. The Balaban J connectivity index is 1.85. The lowest BCUT2D eigenvalue weighted by atomic mass is 9.82. The highest BCUT2D eigenvalue weighted by atomic mass is 15.2. The fourth-order valence-electron chi connectivity index (χ4n) is 3.29.